The van der Waals surface area contributed by atoms with E-state index in [9.17, 15) is 4.79 Å². The summed E-state index contributed by atoms with van der Waals surface area (Å²) < 4.78 is 4.58. The molecule has 0 N–H and O–H groups in total. The fourth-order valence-electron chi connectivity index (χ4n) is 4.65. The third kappa shape index (κ3) is 29.2. The van der Waals surface area contributed by atoms with E-state index in [2.05, 4.69) is 11.7 Å². The van der Waals surface area contributed by atoms with Gasteiger partial charge in [-0.15, -0.1) is 0 Å². The number of carbonyl (C=O) groups is 1. The molecule has 0 aromatic rings. The summed E-state index contributed by atoms with van der Waals surface area (Å²) in [6.45, 7) is 2.30. The first kappa shape index (κ1) is 32.2. The maximum atomic E-state index is 10.9. The number of esters is 1. The molecule has 0 aromatic carbocycles. The number of methoxy groups -OCH3 is 1. The maximum Gasteiger partial charge on any atom is 0.330 e. The zero-order chi connectivity index (χ0) is 24.1. The van der Waals surface area contributed by atoms with Gasteiger partial charge in [0.2, 0.25) is 0 Å². The van der Waals surface area contributed by atoms with Gasteiger partial charge < -0.3 is 4.74 Å². The van der Waals surface area contributed by atoms with Crippen molar-refractivity contribution >= 4 is 5.97 Å². The third-order valence-corrected chi connectivity index (χ3v) is 6.93. The second-order valence-corrected chi connectivity index (χ2v) is 10.2. The van der Waals surface area contributed by atoms with Crippen LogP contribution in [0.1, 0.15) is 174 Å². The molecular formula is C31H60O2. The van der Waals surface area contributed by atoms with Crippen molar-refractivity contribution in [3.63, 3.8) is 0 Å². The Morgan fingerprint density at radius 3 is 1.03 bits per heavy atom. The molecule has 33 heavy (non-hydrogen) atoms. The Kier molecular flexibility index (Phi) is 28.5. The summed E-state index contributed by atoms with van der Waals surface area (Å²) in [4.78, 5) is 10.9. The smallest absolute Gasteiger partial charge is 0.330 e. The van der Waals surface area contributed by atoms with Gasteiger partial charge in [0.05, 0.1) is 7.11 Å². The van der Waals surface area contributed by atoms with Gasteiger partial charge >= 0.3 is 5.97 Å². The molecule has 0 atom stereocenters. The number of rotatable bonds is 27. The average molecular weight is 465 g/mol. The molecule has 0 radical (unpaired) electrons. The quantitative estimate of drug-likeness (QED) is 0.0686. The van der Waals surface area contributed by atoms with E-state index in [1.807, 2.05) is 6.08 Å². The Hall–Kier alpha value is -0.790. The van der Waals surface area contributed by atoms with Crippen LogP contribution in [0.25, 0.3) is 0 Å². The molecule has 0 saturated heterocycles. The molecule has 0 spiro atoms. The van der Waals surface area contributed by atoms with Crippen LogP contribution >= 0.6 is 0 Å². The lowest BCUT2D eigenvalue weighted by atomic mass is 10.0. The minimum Gasteiger partial charge on any atom is -0.466 e. The second-order valence-electron chi connectivity index (χ2n) is 10.2. The fourth-order valence-corrected chi connectivity index (χ4v) is 4.65. The summed E-state index contributed by atoms with van der Waals surface area (Å²) in [7, 11) is 1.42. The molecule has 2 heteroatoms. The van der Waals surface area contributed by atoms with Gasteiger partial charge in [0.25, 0.3) is 0 Å². The molecule has 0 amide bonds. The lowest BCUT2D eigenvalue weighted by Crippen LogP contribution is -1.93. The number of hydrogen-bond donors (Lipinski definition) is 0. The van der Waals surface area contributed by atoms with Gasteiger partial charge in [0.1, 0.15) is 0 Å². The highest BCUT2D eigenvalue weighted by Gasteiger charge is 1.96. The van der Waals surface area contributed by atoms with Crippen molar-refractivity contribution in [1.29, 1.82) is 0 Å². The minimum absolute atomic E-state index is 0.241. The number of unbranched alkanes of at least 4 members (excludes halogenated alkanes) is 25. The van der Waals surface area contributed by atoms with Crippen LogP contribution in [0.4, 0.5) is 0 Å². The van der Waals surface area contributed by atoms with Crippen LogP contribution in [0.15, 0.2) is 12.2 Å². The molecule has 0 saturated carbocycles. The molecule has 0 fully saturated rings. The number of carbonyl (C=O) groups excluding carboxylic acids is 1. The van der Waals surface area contributed by atoms with Crippen LogP contribution in [0.5, 0.6) is 0 Å². The van der Waals surface area contributed by atoms with Gasteiger partial charge in [-0.25, -0.2) is 4.79 Å². The molecule has 0 aromatic heterocycles. The molecule has 0 unspecified atom stereocenters. The molecule has 0 rings (SSSR count). The Balaban J connectivity index is 3.05. The number of hydrogen-bond acceptors (Lipinski definition) is 2. The van der Waals surface area contributed by atoms with Crippen molar-refractivity contribution < 1.29 is 9.53 Å². The first-order chi connectivity index (χ1) is 16.3. The molecule has 0 aliphatic rings. The van der Waals surface area contributed by atoms with Gasteiger partial charge in [0.15, 0.2) is 0 Å². The summed E-state index contributed by atoms with van der Waals surface area (Å²) in [6.07, 6.45) is 40.2. The Bertz CT molecular complexity index is 402. The van der Waals surface area contributed by atoms with Crippen molar-refractivity contribution in [2.45, 2.75) is 174 Å². The summed E-state index contributed by atoms with van der Waals surface area (Å²) in [6, 6.07) is 0. The third-order valence-electron chi connectivity index (χ3n) is 6.93. The summed E-state index contributed by atoms with van der Waals surface area (Å²) in [5.41, 5.74) is 0. The zero-order valence-electron chi connectivity index (χ0n) is 22.9. The SMILES string of the molecule is CCCCCCCCCCCCCCCCCCCCCCCCCCC/C=C/C(=O)OC. The maximum absolute atomic E-state index is 10.9. The van der Waals surface area contributed by atoms with E-state index >= 15 is 0 Å². The van der Waals surface area contributed by atoms with Crippen molar-refractivity contribution in [1.82, 2.24) is 0 Å². The van der Waals surface area contributed by atoms with Crippen LogP contribution in [0, 0.1) is 0 Å². The highest BCUT2D eigenvalue weighted by molar-refractivity contribution is 5.81. The molecular weight excluding hydrogens is 404 g/mol. The number of allylic oxidation sites excluding steroid dienone is 1. The summed E-state index contributed by atoms with van der Waals surface area (Å²) >= 11 is 0. The monoisotopic (exact) mass is 464 g/mol. The molecule has 0 bridgehead atoms. The summed E-state index contributed by atoms with van der Waals surface area (Å²) in [5, 5.41) is 0. The van der Waals surface area contributed by atoms with E-state index in [0.29, 0.717) is 0 Å². The highest BCUT2D eigenvalue weighted by Crippen LogP contribution is 2.16. The Morgan fingerprint density at radius 2 is 0.758 bits per heavy atom. The van der Waals surface area contributed by atoms with E-state index in [0.717, 1.165) is 6.42 Å². The lowest BCUT2D eigenvalue weighted by molar-refractivity contribution is -0.134. The highest BCUT2D eigenvalue weighted by atomic mass is 16.5. The van der Waals surface area contributed by atoms with E-state index < -0.39 is 0 Å². The van der Waals surface area contributed by atoms with Crippen LogP contribution in [0.2, 0.25) is 0 Å². The Morgan fingerprint density at radius 1 is 0.485 bits per heavy atom. The first-order valence-corrected chi connectivity index (χ1v) is 15.1. The van der Waals surface area contributed by atoms with Crippen LogP contribution in [-0.4, -0.2) is 13.1 Å². The zero-order valence-corrected chi connectivity index (χ0v) is 22.9. The molecule has 196 valence electrons. The van der Waals surface area contributed by atoms with Crippen molar-refractivity contribution in [2.75, 3.05) is 7.11 Å². The van der Waals surface area contributed by atoms with Crippen molar-refractivity contribution in [3.05, 3.63) is 12.2 Å². The van der Waals surface area contributed by atoms with Crippen LogP contribution < -0.4 is 0 Å². The predicted octanol–water partition coefficient (Wildman–Crippen LogP) is 10.9. The standard InChI is InChI=1S/C31H60O2/c1-3-4-5-6-7-8-9-10-11-12-13-14-15-16-17-18-19-20-21-22-23-24-25-26-27-28-29-30-31(32)33-2/h29-30H,3-28H2,1-2H3/b30-29+. The Labute approximate surface area is 208 Å². The van der Waals surface area contributed by atoms with E-state index in [4.69, 9.17) is 0 Å². The fraction of sp³-hybridized carbons (Fsp3) is 0.903. The number of ether oxygens (including phenoxy) is 1. The minimum atomic E-state index is -0.241. The van der Waals surface area contributed by atoms with E-state index in [1.54, 1.807) is 6.08 Å². The largest absolute Gasteiger partial charge is 0.466 e. The van der Waals surface area contributed by atoms with E-state index in [-0.39, 0.29) is 5.97 Å². The molecule has 0 aliphatic heterocycles. The average Bonchev–Trinajstić information content (AvgIpc) is 2.83. The summed E-state index contributed by atoms with van der Waals surface area (Å²) in [5.74, 6) is -0.241. The van der Waals surface area contributed by atoms with Crippen LogP contribution in [0.3, 0.4) is 0 Å². The van der Waals surface area contributed by atoms with Gasteiger partial charge in [-0.05, 0) is 12.8 Å². The second kappa shape index (κ2) is 29.2. The van der Waals surface area contributed by atoms with E-state index in [1.165, 1.54) is 168 Å². The van der Waals surface area contributed by atoms with Gasteiger partial charge in [-0.3, -0.25) is 0 Å². The van der Waals surface area contributed by atoms with Gasteiger partial charge in [-0.1, -0.05) is 167 Å². The molecule has 2 nitrogen and oxygen atoms in total. The topological polar surface area (TPSA) is 26.3 Å². The normalized spacial score (nSPS) is 11.5. The predicted molar refractivity (Wildman–Crippen MR) is 147 cm³/mol. The van der Waals surface area contributed by atoms with Crippen molar-refractivity contribution in [3.8, 4) is 0 Å². The lowest BCUT2D eigenvalue weighted by Gasteiger charge is -2.04. The van der Waals surface area contributed by atoms with Crippen LogP contribution in [-0.2, 0) is 9.53 Å². The van der Waals surface area contributed by atoms with Gasteiger partial charge in [-0.2, -0.15) is 0 Å². The first-order valence-electron chi connectivity index (χ1n) is 15.1. The van der Waals surface area contributed by atoms with Crippen molar-refractivity contribution in [2.24, 2.45) is 0 Å². The molecule has 0 aliphatic carbocycles. The molecule has 0 heterocycles. The van der Waals surface area contributed by atoms with Gasteiger partial charge in [0, 0.05) is 6.08 Å².